The normalized spacial score (nSPS) is 13.3. The second kappa shape index (κ2) is 7.04. The molecule has 0 heterocycles. The van der Waals surface area contributed by atoms with Crippen molar-refractivity contribution in [3.63, 3.8) is 0 Å². The highest BCUT2D eigenvalue weighted by Crippen LogP contribution is 2.23. The molecule has 1 rings (SSSR count). The van der Waals surface area contributed by atoms with Crippen LogP contribution in [0.5, 0.6) is 11.5 Å². The van der Waals surface area contributed by atoms with E-state index in [1.54, 1.807) is 18.7 Å². The van der Waals surface area contributed by atoms with Crippen molar-refractivity contribution in [3.05, 3.63) is 23.8 Å². The maximum atomic E-state index is 11.1. The average Bonchev–Trinajstić information content (AvgIpc) is 2.33. The van der Waals surface area contributed by atoms with Crippen LogP contribution in [0.25, 0.3) is 0 Å². The molecule has 1 aromatic carbocycles. The van der Waals surface area contributed by atoms with Crippen molar-refractivity contribution in [2.24, 2.45) is 4.99 Å². The van der Waals surface area contributed by atoms with Gasteiger partial charge in [0.05, 0.1) is 0 Å². The third kappa shape index (κ3) is 4.48. The standard InChI is InChI=1S/C13H17NO4S/c1-8(10-4-3-9(15)7-12(10)16)14-11(13(17)18)5-6-19-2/h3-4,7,11,15-16H,5-6H2,1-2H3,(H,17,18)/b14-8-. The first-order valence-electron chi connectivity index (χ1n) is 5.74. The Morgan fingerprint density at radius 1 is 1.42 bits per heavy atom. The van der Waals surface area contributed by atoms with E-state index in [2.05, 4.69) is 4.99 Å². The van der Waals surface area contributed by atoms with Crippen LogP contribution in [0.15, 0.2) is 23.2 Å². The smallest absolute Gasteiger partial charge is 0.328 e. The number of nitrogens with zero attached hydrogens (tertiary/aromatic N) is 1. The zero-order valence-electron chi connectivity index (χ0n) is 10.8. The fourth-order valence-electron chi connectivity index (χ4n) is 1.60. The van der Waals surface area contributed by atoms with Crippen LogP contribution >= 0.6 is 11.8 Å². The van der Waals surface area contributed by atoms with Crippen molar-refractivity contribution in [2.75, 3.05) is 12.0 Å². The summed E-state index contributed by atoms with van der Waals surface area (Å²) in [6.07, 6.45) is 2.34. The number of carboxylic acids is 1. The highest BCUT2D eigenvalue weighted by atomic mass is 32.2. The van der Waals surface area contributed by atoms with Crippen LogP contribution in [0.1, 0.15) is 18.9 Å². The second-order valence-electron chi connectivity index (χ2n) is 4.05. The van der Waals surface area contributed by atoms with E-state index in [0.29, 0.717) is 23.4 Å². The van der Waals surface area contributed by atoms with Gasteiger partial charge < -0.3 is 15.3 Å². The number of carboxylic acid groups (broad SMARTS) is 1. The topological polar surface area (TPSA) is 90.1 Å². The highest BCUT2D eigenvalue weighted by molar-refractivity contribution is 7.98. The lowest BCUT2D eigenvalue weighted by Crippen LogP contribution is -2.20. The van der Waals surface area contributed by atoms with Crippen LogP contribution in [0.4, 0.5) is 0 Å². The van der Waals surface area contributed by atoms with Gasteiger partial charge in [-0.2, -0.15) is 11.8 Å². The first kappa shape index (κ1) is 15.4. The minimum absolute atomic E-state index is 0.0498. The highest BCUT2D eigenvalue weighted by Gasteiger charge is 2.17. The second-order valence-corrected chi connectivity index (χ2v) is 5.04. The largest absolute Gasteiger partial charge is 0.508 e. The molecule has 104 valence electrons. The predicted octanol–water partition coefficient (Wildman–Crippen LogP) is 2.11. The van der Waals surface area contributed by atoms with Crippen molar-refractivity contribution >= 4 is 23.4 Å². The molecule has 5 nitrogen and oxygen atoms in total. The molecule has 0 amide bonds. The molecule has 0 saturated carbocycles. The number of aromatic hydroxyl groups is 2. The number of hydrogen-bond donors (Lipinski definition) is 3. The van der Waals surface area contributed by atoms with Gasteiger partial charge in [-0.1, -0.05) is 0 Å². The van der Waals surface area contributed by atoms with Gasteiger partial charge in [-0.25, -0.2) is 4.79 Å². The summed E-state index contributed by atoms with van der Waals surface area (Å²) in [5.74, 6) is -0.442. The number of aliphatic carboxylic acids is 1. The van der Waals surface area contributed by atoms with Gasteiger partial charge in [-0.05, 0) is 37.5 Å². The molecule has 0 aliphatic carbocycles. The number of benzene rings is 1. The van der Waals surface area contributed by atoms with E-state index in [9.17, 15) is 15.0 Å². The molecule has 1 aromatic rings. The lowest BCUT2D eigenvalue weighted by atomic mass is 10.1. The third-order valence-corrected chi connectivity index (χ3v) is 3.25. The van der Waals surface area contributed by atoms with E-state index in [1.165, 1.54) is 18.2 Å². The Kier molecular flexibility index (Phi) is 5.69. The van der Waals surface area contributed by atoms with Gasteiger partial charge in [0.2, 0.25) is 0 Å². The molecule has 6 heteroatoms. The lowest BCUT2D eigenvalue weighted by molar-refractivity contribution is -0.138. The van der Waals surface area contributed by atoms with Crippen LogP contribution in [0.2, 0.25) is 0 Å². The molecule has 19 heavy (non-hydrogen) atoms. The minimum Gasteiger partial charge on any atom is -0.508 e. The molecule has 3 N–H and O–H groups in total. The zero-order valence-corrected chi connectivity index (χ0v) is 11.6. The third-order valence-electron chi connectivity index (χ3n) is 2.60. The van der Waals surface area contributed by atoms with E-state index in [1.807, 2.05) is 6.26 Å². The van der Waals surface area contributed by atoms with Crippen molar-refractivity contribution < 1.29 is 20.1 Å². The van der Waals surface area contributed by atoms with Crippen molar-refractivity contribution in [1.29, 1.82) is 0 Å². The molecule has 0 radical (unpaired) electrons. The number of hydrogen-bond acceptors (Lipinski definition) is 5. The number of thioether (sulfide) groups is 1. The fourth-order valence-corrected chi connectivity index (χ4v) is 2.06. The summed E-state index contributed by atoms with van der Waals surface area (Å²) in [5.41, 5.74) is 0.860. The molecule has 0 fully saturated rings. The molecular weight excluding hydrogens is 266 g/mol. The summed E-state index contributed by atoms with van der Waals surface area (Å²) < 4.78 is 0. The first-order valence-corrected chi connectivity index (χ1v) is 7.13. The molecule has 1 atom stereocenters. The number of carbonyl (C=O) groups is 1. The van der Waals surface area contributed by atoms with Crippen LogP contribution in [0.3, 0.4) is 0 Å². The van der Waals surface area contributed by atoms with Gasteiger partial charge >= 0.3 is 5.97 Å². The Morgan fingerprint density at radius 3 is 2.63 bits per heavy atom. The van der Waals surface area contributed by atoms with Crippen LogP contribution < -0.4 is 0 Å². The van der Waals surface area contributed by atoms with Gasteiger partial charge in [-0.3, -0.25) is 4.99 Å². The monoisotopic (exact) mass is 283 g/mol. The molecule has 0 spiro atoms. The van der Waals surface area contributed by atoms with E-state index in [0.717, 1.165) is 0 Å². The molecule has 0 saturated heterocycles. The Balaban J connectivity index is 2.97. The van der Waals surface area contributed by atoms with E-state index in [-0.39, 0.29) is 11.5 Å². The first-order chi connectivity index (χ1) is 8.95. The summed E-state index contributed by atoms with van der Waals surface area (Å²) in [7, 11) is 0. The van der Waals surface area contributed by atoms with E-state index in [4.69, 9.17) is 5.11 Å². The number of aliphatic imine (C=N–C) groups is 1. The molecule has 1 unspecified atom stereocenters. The van der Waals surface area contributed by atoms with E-state index >= 15 is 0 Å². The summed E-state index contributed by atoms with van der Waals surface area (Å²) in [4.78, 5) is 15.2. The fraction of sp³-hybridized carbons (Fsp3) is 0.385. The SMILES string of the molecule is CSCCC(/N=C(/C)c1ccc(O)cc1O)C(=O)O. The summed E-state index contributed by atoms with van der Waals surface area (Å²) in [5, 5.41) is 28.0. The van der Waals surface area contributed by atoms with Crippen LogP contribution in [-0.2, 0) is 4.79 Å². The minimum atomic E-state index is -0.980. The molecule has 0 aliphatic rings. The van der Waals surface area contributed by atoms with Crippen molar-refractivity contribution in [3.8, 4) is 11.5 Å². The molecular formula is C13H17NO4S. The van der Waals surface area contributed by atoms with Gasteiger partial charge in [0, 0.05) is 17.3 Å². The van der Waals surface area contributed by atoms with Crippen molar-refractivity contribution in [2.45, 2.75) is 19.4 Å². The quantitative estimate of drug-likeness (QED) is 0.696. The molecule has 0 aliphatic heterocycles. The van der Waals surface area contributed by atoms with Gasteiger partial charge in [0.1, 0.15) is 17.5 Å². The van der Waals surface area contributed by atoms with Crippen LogP contribution in [-0.4, -0.2) is 45.1 Å². The Hall–Kier alpha value is -1.69. The summed E-state index contributed by atoms with van der Waals surface area (Å²) in [6, 6.07) is 3.31. The maximum Gasteiger partial charge on any atom is 0.328 e. The lowest BCUT2D eigenvalue weighted by Gasteiger charge is -2.10. The van der Waals surface area contributed by atoms with Gasteiger partial charge in [-0.15, -0.1) is 0 Å². The number of phenolic OH excluding ortho intramolecular Hbond substituents is 2. The Morgan fingerprint density at radius 2 is 2.11 bits per heavy atom. The van der Waals surface area contributed by atoms with Gasteiger partial charge in [0.25, 0.3) is 0 Å². The Bertz CT molecular complexity index is 488. The predicted molar refractivity (Wildman–Crippen MR) is 76.4 cm³/mol. The zero-order chi connectivity index (χ0) is 14.4. The molecule has 0 aromatic heterocycles. The number of phenols is 2. The van der Waals surface area contributed by atoms with Crippen molar-refractivity contribution in [1.82, 2.24) is 0 Å². The average molecular weight is 283 g/mol. The summed E-state index contributed by atoms with van der Waals surface area (Å²) >= 11 is 1.56. The van der Waals surface area contributed by atoms with Gasteiger partial charge in [0.15, 0.2) is 0 Å². The number of rotatable bonds is 6. The maximum absolute atomic E-state index is 11.1. The van der Waals surface area contributed by atoms with E-state index < -0.39 is 12.0 Å². The summed E-state index contributed by atoms with van der Waals surface area (Å²) in [6.45, 7) is 1.64. The van der Waals surface area contributed by atoms with Crippen LogP contribution in [0, 0.1) is 0 Å². The molecule has 0 bridgehead atoms. The Labute approximate surface area is 116 Å².